The Hall–Kier alpha value is -5.83. The number of esters is 2. The summed E-state index contributed by atoms with van der Waals surface area (Å²) >= 11 is -1.99. The summed E-state index contributed by atoms with van der Waals surface area (Å²) in [4.78, 5) is 30.7. The van der Waals surface area contributed by atoms with Gasteiger partial charge in [0.15, 0.2) is 42.6 Å². The van der Waals surface area contributed by atoms with Crippen molar-refractivity contribution in [2.24, 2.45) is 0 Å². The zero-order valence-corrected chi connectivity index (χ0v) is 65.7. The van der Waals surface area contributed by atoms with Gasteiger partial charge in [0.25, 0.3) is 11.2 Å². The first-order valence-electron chi connectivity index (χ1n) is 32.5. The fourth-order valence-electron chi connectivity index (χ4n) is 13.7. The van der Waals surface area contributed by atoms with E-state index in [2.05, 4.69) is 229 Å². The molecule has 122 heavy (non-hydrogen) atoms. The summed E-state index contributed by atoms with van der Waals surface area (Å²) in [5, 5.41) is 15.7. The molecule has 0 saturated heterocycles. The molecule has 0 aromatic heterocycles. The minimum atomic E-state index is -7.97. The van der Waals surface area contributed by atoms with Crippen LogP contribution < -0.4 is 40.1 Å². The van der Waals surface area contributed by atoms with Crippen LogP contribution in [0.4, 0.5) is 149 Å². The predicted molar refractivity (Wildman–Crippen MR) is 344 cm³/mol. The first kappa shape index (κ1) is 103. The van der Waals surface area contributed by atoms with Crippen molar-refractivity contribution in [1.29, 1.82) is 0 Å². The Bertz CT molecular complexity index is 3860. The zero-order valence-electron chi connectivity index (χ0n) is 60.6. The van der Waals surface area contributed by atoms with Gasteiger partial charge in [0.1, 0.15) is 37.3 Å². The number of alkyl halides is 34. The third kappa shape index (κ3) is 14.1. The third-order valence-electron chi connectivity index (χ3n) is 19.0. The Kier molecular flexibility index (Phi) is 29.9. The molecule has 8 aliphatic carbocycles. The molecule has 0 radical (unpaired) electrons. The maximum atomic E-state index is 14.9. The quantitative estimate of drug-likeness (QED) is 0.00663. The van der Waals surface area contributed by atoms with E-state index in [0.29, 0.717) is 0 Å². The molecule has 674 valence electrons. The number of carbonyl (C=O) groups is 2. The van der Waals surface area contributed by atoms with E-state index in [1.807, 2.05) is 0 Å². The van der Waals surface area contributed by atoms with Crippen LogP contribution in [0.2, 0.25) is 0 Å². The van der Waals surface area contributed by atoms with Gasteiger partial charge >= 0.3 is 157 Å². The van der Waals surface area contributed by atoms with Gasteiger partial charge in [-0.25, -0.2) is 35.9 Å². The Balaban J connectivity index is 0.000000266. The van der Waals surface area contributed by atoms with E-state index < -0.39 is 216 Å². The summed E-state index contributed by atoms with van der Waals surface area (Å²) in [5.41, 5.74) is -61.2. The van der Waals surface area contributed by atoms with Crippen molar-refractivity contribution < 1.29 is 248 Å². The molecule has 8 saturated carbocycles. The number of halogens is 35. The fourth-order valence-corrected chi connectivity index (χ4v) is 18.4. The molecule has 0 spiro atoms. The molecule has 0 atom stereocenters. The largest absolute Gasteiger partial charge is 1.00 e. The van der Waals surface area contributed by atoms with Crippen LogP contribution in [0.15, 0.2) is 211 Å². The third-order valence-corrected chi connectivity index (χ3v) is 24.4. The van der Waals surface area contributed by atoms with Gasteiger partial charge in [-0.15, -0.1) is 12.4 Å². The molecule has 8 fully saturated rings. The van der Waals surface area contributed by atoms with Crippen LogP contribution in [0.5, 0.6) is 0 Å². The van der Waals surface area contributed by atoms with Crippen molar-refractivity contribution >= 4 is 70.2 Å². The summed E-state index contributed by atoms with van der Waals surface area (Å²) in [5.74, 6) is -98.1. The minimum absolute atomic E-state index is 0. The zero-order chi connectivity index (χ0) is 90.1. The predicted octanol–water partition coefficient (Wildman–Crippen LogP) is 14.6. The Morgan fingerprint density at radius 3 is 0.639 bits per heavy atom. The molecule has 8 bridgehead atoms. The second kappa shape index (κ2) is 35.3. The van der Waals surface area contributed by atoms with E-state index in [4.69, 9.17) is 0 Å². The van der Waals surface area contributed by atoms with Gasteiger partial charge in [-0.05, 0) is 72.8 Å². The fraction of sp³-hybridized carbons (Fsp3) is 0.441. The smallest absolute Gasteiger partial charge is 1.00 e. The number of hydrogen-bond acceptors (Lipinski definition) is 16. The second-order valence-corrected chi connectivity index (χ2v) is 31.4. The van der Waals surface area contributed by atoms with Gasteiger partial charge in [-0.3, -0.25) is 10.1 Å². The van der Waals surface area contributed by atoms with Gasteiger partial charge < -0.3 is 40.4 Å². The van der Waals surface area contributed by atoms with E-state index >= 15 is 0 Å². The van der Waals surface area contributed by atoms with E-state index in [1.165, 1.54) is 29.4 Å². The van der Waals surface area contributed by atoms with Crippen LogP contribution in [0, 0.1) is 0 Å². The second-order valence-electron chi connectivity index (χ2n) is 25.5. The molecule has 0 heterocycles. The van der Waals surface area contributed by atoms with E-state index in [1.54, 1.807) is 0 Å². The molecular weight excluding hydrogens is 1870 g/mol. The van der Waals surface area contributed by atoms with Crippen LogP contribution in [0.3, 0.4) is 0 Å². The maximum absolute atomic E-state index is 14.9. The average Bonchev–Trinajstić information content (AvgIpc) is 0.592. The summed E-state index contributed by atoms with van der Waals surface area (Å²) in [6, 6.07) is 64.3. The summed E-state index contributed by atoms with van der Waals surface area (Å²) in [6.45, 7) is -15.7. The molecule has 0 N–H and O–H groups in total. The summed E-state index contributed by atoms with van der Waals surface area (Å²) in [6.07, 6.45) is 0. The molecule has 0 unspecified atom stereocenters. The Labute approximate surface area is 705 Å². The number of benzene rings is 6. The molecule has 14 rings (SSSR count). The maximum Gasteiger partial charge on any atom is 1.00 e. The van der Waals surface area contributed by atoms with E-state index in [-0.39, 0.29) is 65.2 Å². The van der Waals surface area contributed by atoms with Crippen LogP contribution in [0.1, 0.15) is 1.43 Å². The van der Waals surface area contributed by atoms with Crippen LogP contribution >= 0.6 is 36.5 Å². The average molecular weight is 1920 g/mol. The number of carbonyl (C=O) groups excluding carboxylic acids is 2. The van der Waals surface area contributed by atoms with Crippen molar-refractivity contribution in [3.8, 4) is 0 Å². The molecule has 8 aliphatic rings. The van der Waals surface area contributed by atoms with Crippen molar-refractivity contribution in [3.05, 3.63) is 182 Å². The van der Waals surface area contributed by atoms with Crippen molar-refractivity contribution in [1.82, 2.24) is 0 Å². The summed E-state index contributed by atoms with van der Waals surface area (Å²) in [7, 11) is -0.0293. The topological polar surface area (TPSA) is 173 Å². The van der Waals surface area contributed by atoms with E-state index in [9.17, 15) is 169 Å². The monoisotopic (exact) mass is 1920 g/mol. The molecule has 6 aromatic rings. The summed E-state index contributed by atoms with van der Waals surface area (Å²) < 4.78 is 520. The standard InChI is InChI=1S/2C18H15S.2C16H9F17O7S.ClH.Na.H/c2*1-4-10-16(11-5-1)19(17-12-6-2-7-13-17)18-14-8-3-9-15-18;2*17-6(18,41-40-39-35)4-37-5(34)3-36-1-2-38-10-14(28,29)7(19)11(22,23)8(20,15(10,30)31)13(26,27)9(21,12(7,24)25)16(10,32)33;;;/h2*1-15H;2*35H,1-4H2;1H;;/q2*+1;;;;+1;-1/p-2. The van der Waals surface area contributed by atoms with Crippen molar-refractivity contribution in [2.45, 2.75) is 156 Å². The number of ether oxygens (including phenoxy) is 6. The van der Waals surface area contributed by atoms with E-state index in [0.717, 1.165) is 0 Å². The van der Waals surface area contributed by atoms with Crippen LogP contribution in [0.25, 0.3) is 0 Å². The van der Waals surface area contributed by atoms with Crippen LogP contribution in [-0.2, 0) is 78.5 Å². The molecule has 0 aliphatic heterocycles. The first-order chi connectivity index (χ1) is 55.2. The van der Waals surface area contributed by atoms with Gasteiger partial charge in [-0.2, -0.15) is 132 Å². The van der Waals surface area contributed by atoms with Crippen molar-refractivity contribution in [3.63, 3.8) is 0 Å². The normalized spacial score (nSPS) is 29.2. The molecule has 0 amide bonds. The SMILES string of the molecule is Cl.O=C(COCCOC12C(F)(F)C3(F)C(F)(F)C(F)(C(F)(F)C(F)(C3(F)F)C1(F)F)C2(F)F)OCC(F)(F)SOO[O-].O=C(COCCOC12C(F)(F)C3(F)C(F)(F)C(F)(C(F)(F)C(F)(C3(F)F)C1(F)F)C2(F)F)OCC(F)(F)SOO[O-].[H-].[Na+].c1ccc([S+](c2ccccc2)c2ccccc2)cc1.c1ccc([S+](c2ccccc2)c2ccccc2)cc1. The Morgan fingerprint density at radius 1 is 0.303 bits per heavy atom. The number of hydrogen-bond donors (Lipinski definition) is 0. The van der Waals surface area contributed by atoms with Gasteiger partial charge in [-0.1, -0.05) is 109 Å². The van der Waals surface area contributed by atoms with Gasteiger partial charge in [0.2, 0.25) is 0 Å². The Morgan fingerprint density at radius 2 is 0.475 bits per heavy atom. The van der Waals surface area contributed by atoms with Crippen LogP contribution in [-0.4, -0.2) is 192 Å². The molecule has 14 nitrogen and oxygen atoms in total. The number of rotatable bonds is 28. The molecule has 6 aromatic carbocycles. The first-order valence-corrected chi connectivity index (χ1v) is 36.4. The molecule has 54 heteroatoms. The van der Waals surface area contributed by atoms with Gasteiger partial charge in [0.05, 0.1) is 48.2 Å². The van der Waals surface area contributed by atoms with Crippen molar-refractivity contribution in [2.75, 3.05) is 52.9 Å². The molecular formula is C68H48ClF34NaO14S4. The van der Waals surface area contributed by atoms with Gasteiger partial charge in [0, 0.05) is 0 Å². The minimum Gasteiger partial charge on any atom is -1.00 e.